The quantitative estimate of drug-likeness (QED) is 0.688. The van der Waals surface area contributed by atoms with Crippen LogP contribution in [0.15, 0.2) is 16.6 Å². The summed E-state index contributed by atoms with van der Waals surface area (Å²) in [6.45, 7) is 1.66. The van der Waals surface area contributed by atoms with Gasteiger partial charge in [-0.05, 0) is 35.0 Å². The molecule has 0 aromatic heterocycles. The maximum atomic E-state index is 11.8. The highest BCUT2D eigenvalue weighted by Gasteiger charge is 2.18. The normalized spacial score (nSPS) is 12.5. The lowest BCUT2D eigenvalue weighted by molar-refractivity contribution is 0.0656. The van der Waals surface area contributed by atoms with Crippen LogP contribution in [-0.2, 0) is 4.74 Å². The Balaban J connectivity index is 3.15. The molecule has 0 radical (unpaired) electrons. The van der Waals surface area contributed by atoms with Gasteiger partial charge in [-0.2, -0.15) is 0 Å². The number of ketones is 1. The van der Waals surface area contributed by atoms with E-state index in [-0.39, 0.29) is 5.78 Å². The molecule has 0 heterocycles. The summed E-state index contributed by atoms with van der Waals surface area (Å²) in [5, 5.41) is 0.366. The first-order valence-corrected chi connectivity index (χ1v) is 5.46. The molecule has 0 aliphatic rings. The number of rotatable bonds is 3. The fraction of sp³-hybridized carbons (Fsp3) is 0.300. The highest BCUT2D eigenvalue weighted by Crippen LogP contribution is 2.28. The molecule has 0 saturated carbocycles. The van der Waals surface area contributed by atoms with Crippen LogP contribution in [0.5, 0.6) is 0 Å². The first-order chi connectivity index (χ1) is 6.97. The van der Waals surface area contributed by atoms with Gasteiger partial charge >= 0.3 is 0 Å². The summed E-state index contributed by atoms with van der Waals surface area (Å²) in [5.41, 5.74) is 6.53. The van der Waals surface area contributed by atoms with Crippen molar-refractivity contribution in [1.29, 1.82) is 0 Å². The van der Waals surface area contributed by atoms with Gasteiger partial charge in [-0.1, -0.05) is 11.6 Å². The minimum Gasteiger partial charge on any atom is -0.398 e. The predicted molar refractivity (Wildman–Crippen MR) is 64.4 cm³/mol. The number of benzene rings is 1. The smallest absolute Gasteiger partial charge is 0.192 e. The van der Waals surface area contributed by atoms with Gasteiger partial charge < -0.3 is 10.5 Å². The van der Waals surface area contributed by atoms with Gasteiger partial charge in [0.2, 0.25) is 0 Å². The van der Waals surface area contributed by atoms with Gasteiger partial charge in [-0.15, -0.1) is 0 Å². The number of methoxy groups -OCH3 is 1. The minimum absolute atomic E-state index is 0.179. The molecule has 0 bridgehead atoms. The number of halogens is 2. The van der Waals surface area contributed by atoms with E-state index in [1.54, 1.807) is 19.1 Å². The van der Waals surface area contributed by atoms with Crippen molar-refractivity contribution < 1.29 is 9.53 Å². The number of hydrogen-bond donors (Lipinski definition) is 1. The molecule has 0 aliphatic carbocycles. The third kappa shape index (κ3) is 2.71. The van der Waals surface area contributed by atoms with Gasteiger partial charge in [0.15, 0.2) is 5.78 Å². The Morgan fingerprint density at radius 3 is 2.73 bits per heavy atom. The van der Waals surface area contributed by atoms with E-state index in [9.17, 15) is 4.79 Å². The molecule has 1 rings (SSSR count). The van der Waals surface area contributed by atoms with Crippen LogP contribution in [0.2, 0.25) is 5.02 Å². The monoisotopic (exact) mass is 291 g/mol. The van der Waals surface area contributed by atoms with E-state index >= 15 is 0 Å². The topological polar surface area (TPSA) is 52.3 Å². The first-order valence-electron chi connectivity index (χ1n) is 4.29. The van der Waals surface area contributed by atoms with Crippen LogP contribution >= 0.6 is 27.5 Å². The average Bonchev–Trinajstić information content (AvgIpc) is 2.21. The number of ether oxygens (including phenoxy) is 1. The van der Waals surface area contributed by atoms with Crippen molar-refractivity contribution in [2.24, 2.45) is 0 Å². The molecule has 1 aromatic rings. The summed E-state index contributed by atoms with van der Waals surface area (Å²) in [6, 6.07) is 3.15. The van der Waals surface area contributed by atoms with Crippen LogP contribution in [0.3, 0.4) is 0 Å². The second-order valence-corrected chi connectivity index (χ2v) is 4.36. The highest BCUT2D eigenvalue weighted by molar-refractivity contribution is 9.10. The Hall–Kier alpha value is -0.580. The molecule has 82 valence electrons. The Morgan fingerprint density at radius 1 is 1.60 bits per heavy atom. The van der Waals surface area contributed by atoms with Gasteiger partial charge in [0.25, 0.3) is 0 Å². The molecule has 0 spiro atoms. The van der Waals surface area contributed by atoms with E-state index in [4.69, 9.17) is 22.1 Å². The molecule has 2 N–H and O–H groups in total. The zero-order valence-electron chi connectivity index (χ0n) is 8.38. The zero-order valence-corrected chi connectivity index (χ0v) is 10.7. The summed E-state index contributed by atoms with van der Waals surface area (Å²) in [5.74, 6) is -0.179. The van der Waals surface area contributed by atoms with Crippen molar-refractivity contribution in [1.82, 2.24) is 0 Å². The van der Waals surface area contributed by atoms with Crippen LogP contribution < -0.4 is 5.73 Å². The fourth-order valence-electron chi connectivity index (χ4n) is 1.08. The molecule has 15 heavy (non-hydrogen) atoms. The standard InChI is InChI=1S/C10H11BrClNO2/c1-5(15-2)10(14)6-3-9(13)7(11)4-8(6)12/h3-5H,13H2,1-2H3. The van der Waals surface area contributed by atoms with E-state index < -0.39 is 6.10 Å². The van der Waals surface area contributed by atoms with Crippen LogP contribution in [-0.4, -0.2) is 19.0 Å². The summed E-state index contributed by atoms with van der Waals surface area (Å²) in [7, 11) is 1.47. The molecule has 1 aromatic carbocycles. The predicted octanol–water partition coefficient (Wildman–Crippen LogP) is 2.90. The fourth-order valence-corrected chi connectivity index (χ4v) is 1.81. The number of nitrogen functional groups attached to an aromatic ring is 1. The lowest BCUT2D eigenvalue weighted by Gasteiger charge is -2.11. The summed E-state index contributed by atoms with van der Waals surface area (Å²) >= 11 is 9.17. The van der Waals surface area contributed by atoms with E-state index in [1.807, 2.05) is 0 Å². The third-order valence-corrected chi connectivity index (χ3v) is 3.07. The lowest BCUT2D eigenvalue weighted by Crippen LogP contribution is -2.19. The Kier molecular flexibility index (Phi) is 4.13. The zero-order chi connectivity index (χ0) is 11.6. The number of hydrogen-bond acceptors (Lipinski definition) is 3. The van der Waals surface area contributed by atoms with Crippen LogP contribution in [0, 0.1) is 0 Å². The van der Waals surface area contributed by atoms with Crippen LogP contribution in [0.25, 0.3) is 0 Å². The number of anilines is 1. The van der Waals surface area contributed by atoms with Crippen molar-refractivity contribution in [3.05, 3.63) is 27.2 Å². The first kappa shape index (κ1) is 12.5. The van der Waals surface area contributed by atoms with Gasteiger partial charge in [-0.25, -0.2) is 0 Å². The third-order valence-electron chi connectivity index (χ3n) is 2.07. The van der Waals surface area contributed by atoms with Crippen molar-refractivity contribution in [3.8, 4) is 0 Å². The molecule has 0 aliphatic heterocycles. The van der Waals surface area contributed by atoms with Crippen LogP contribution in [0.4, 0.5) is 5.69 Å². The van der Waals surface area contributed by atoms with E-state index in [2.05, 4.69) is 15.9 Å². The molecular formula is C10H11BrClNO2. The molecule has 0 fully saturated rings. The molecule has 3 nitrogen and oxygen atoms in total. The van der Waals surface area contributed by atoms with E-state index in [0.717, 1.165) is 0 Å². The van der Waals surface area contributed by atoms with E-state index in [1.165, 1.54) is 7.11 Å². The summed E-state index contributed by atoms with van der Waals surface area (Å²) in [4.78, 5) is 11.8. The van der Waals surface area contributed by atoms with Gasteiger partial charge in [0, 0.05) is 22.8 Å². The molecule has 0 saturated heterocycles. The van der Waals surface area contributed by atoms with Crippen molar-refractivity contribution in [2.45, 2.75) is 13.0 Å². The van der Waals surface area contributed by atoms with Crippen molar-refractivity contribution in [3.63, 3.8) is 0 Å². The van der Waals surface area contributed by atoms with Gasteiger partial charge in [-0.3, -0.25) is 4.79 Å². The molecular weight excluding hydrogens is 281 g/mol. The number of nitrogens with two attached hydrogens (primary N) is 1. The van der Waals surface area contributed by atoms with Crippen LogP contribution in [0.1, 0.15) is 17.3 Å². The lowest BCUT2D eigenvalue weighted by atomic mass is 10.1. The molecule has 1 atom stereocenters. The number of Topliss-reactive ketones (excluding diaryl/α,β-unsaturated/α-hetero) is 1. The second-order valence-electron chi connectivity index (χ2n) is 3.10. The Labute approximate surface area is 102 Å². The average molecular weight is 293 g/mol. The Morgan fingerprint density at radius 2 is 2.20 bits per heavy atom. The second kappa shape index (κ2) is 4.96. The SMILES string of the molecule is COC(C)C(=O)c1cc(N)c(Br)cc1Cl. The number of carbonyl (C=O) groups is 1. The molecule has 0 amide bonds. The maximum absolute atomic E-state index is 11.8. The summed E-state index contributed by atoms with van der Waals surface area (Å²) in [6.07, 6.45) is -0.525. The maximum Gasteiger partial charge on any atom is 0.192 e. The largest absolute Gasteiger partial charge is 0.398 e. The van der Waals surface area contributed by atoms with Crippen molar-refractivity contribution in [2.75, 3.05) is 12.8 Å². The molecule has 5 heteroatoms. The minimum atomic E-state index is -0.525. The van der Waals surface area contributed by atoms with E-state index in [0.29, 0.717) is 20.7 Å². The van der Waals surface area contributed by atoms with Gasteiger partial charge in [0.1, 0.15) is 6.10 Å². The Bertz CT molecular complexity index is 395. The van der Waals surface area contributed by atoms with Gasteiger partial charge in [0.05, 0.1) is 5.02 Å². The van der Waals surface area contributed by atoms with Crippen molar-refractivity contribution >= 4 is 39.0 Å². The summed E-state index contributed by atoms with van der Waals surface area (Å²) < 4.78 is 5.61. The highest BCUT2D eigenvalue weighted by atomic mass is 79.9. The molecule has 1 unspecified atom stereocenters. The number of carbonyl (C=O) groups excluding carboxylic acids is 1.